The van der Waals surface area contributed by atoms with Gasteiger partial charge in [0.2, 0.25) is 0 Å². The quantitative estimate of drug-likeness (QED) is 0.848. The average Bonchev–Trinajstić information content (AvgIpc) is 2.77. The molecule has 1 fully saturated rings. The lowest BCUT2D eigenvalue weighted by molar-refractivity contribution is -0.121. The van der Waals surface area contributed by atoms with E-state index in [0.29, 0.717) is 12.2 Å². The van der Waals surface area contributed by atoms with Crippen LogP contribution in [0.4, 0.5) is 5.69 Å². The van der Waals surface area contributed by atoms with Crippen LogP contribution in [0.15, 0.2) is 28.7 Å². The van der Waals surface area contributed by atoms with Crippen LogP contribution in [0.2, 0.25) is 0 Å². The van der Waals surface area contributed by atoms with Crippen molar-refractivity contribution in [2.45, 2.75) is 19.8 Å². The molecule has 16 heavy (non-hydrogen) atoms. The summed E-state index contributed by atoms with van der Waals surface area (Å²) in [7, 11) is 0. The molecule has 0 radical (unpaired) electrons. The van der Waals surface area contributed by atoms with Crippen molar-refractivity contribution in [3.05, 3.63) is 28.7 Å². The van der Waals surface area contributed by atoms with Crippen molar-refractivity contribution in [1.29, 1.82) is 0 Å². The van der Waals surface area contributed by atoms with Crippen molar-refractivity contribution >= 4 is 27.4 Å². The van der Waals surface area contributed by atoms with Gasteiger partial charge in [-0.3, -0.25) is 4.79 Å². The molecule has 0 spiro atoms. The molecule has 1 saturated heterocycles. The summed E-state index contributed by atoms with van der Waals surface area (Å²) in [5, 5.41) is 0. The van der Waals surface area contributed by atoms with Crippen LogP contribution < -0.4 is 4.90 Å². The molecule has 1 aliphatic heterocycles. The number of carbonyl (C=O) groups is 1. The average molecular weight is 282 g/mol. The minimum atomic E-state index is 0.240. The van der Waals surface area contributed by atoms with Gasteiger partial charge in [-0.2, -0.15) is 0 Å². The van der Waals surface area contributed by atoms with Gasteiger partial charge in [0.15, 0.2) is 0 Å². The Labute approximate surface area is 105 Å². The van der Waals surface area contributed by atoms with Gasteiger partial charge in [0.1, 0.15) is 5.78 Å². The van der Waals surface area contributed by atoms with Gasteiger partial charge in [-0.05, 0) is 24.6 Å². The van der Waals surface area contributed by atoms with Gasteiger partial charge in [-0.1, -0.05) is 28.9 Å². The van der Waals surface area contributed by atoms with Gasteiger partial charge in [-0.25, -0.2) is 0 Å². The summed E-state index contributed by atoms with van der Waals surface area (Å²) in [6.07, 6.45) is 1.66. The first-order valence-corrected chi connectivity index (χ1v) is 6.53. The van der Waals surface area contributed by atoms with Crippen LogP contribution in [-0.4, -0.2) is 18.9 Å². The van der Waals surface area contributed by atoms with Crippen molar-refractivity contribution in [2.24, 2.45) is 5.92 Å². The van der Waals surface area contributed by atoms with E-state index in [9.17, 15) is 4.79 Å². The first-order chi connectivity index (χ1) is 7.70. The zero-order valence-electron chi connectivity index (χ0n) is 9.45. The highest BCUT2D eigenvalue weighted by atomic mass is 79.9. The van der Waals surface area contributed by atoms with Crippen molar-refractivity contribution in [1.82, 2.24) is 0 Å². The fraction of sp³-hybridized carbons (Fsp3) is 0.462. The van der Waals surface area contributed by atoms with Crippen molar-refractivity contribution < 1.29 is 4.79 Å². The maximum absolute atomic E-state index is 11.6. The Bertz CT molecular complexity index is 391. The van der Waals surface area contributed by atoms with Gasteiger partial charge in [0.05, 0.1) is 0 Å². The van der Waals surface area contributed by atoms with Crippen LogP contribution in [0.25, 0.3) is 0 Å². The Kier molecular flexibility index (Phi) is 3.64. The Hall–Kier alpha value is -0.830. The highest BCUT2D eigenvalue weighted by molar-refractivity contribution is 9.10. The van der Waals surface area contributed by atoms with Crippen molar-refractivity contribution in [3.63, 3.8) is 0 Å². The van der Waals surface area contributed by atoms with Crippen LogP contribution in [-0.2, 0) is 4.79 Å². The highest BCUT2D eigenvalue weighted by Gasteiger charge is 2.27. The van der Waals surface area contributed by atoms with Gasteiger partial charge in [0, 0.05) is 35.6 Å². The number of ketones is 1. The van der Waals surface area contributed by atoms with E-state index < -0.39 is 0 Å². The molecule has 1 heterocycles. The normalized spacial score (nSPS) is 20.1. The number of benzene rings is 1. The minimum absolute atomic E-state index is 0.240. The van der Waals surface area contributed by atoms with E-state index in [-0.39, 0.29) is 5.92 Å². The SMILES string of the molecule is CCC(=O)C1CCN(c2cccc(Br)c2)C1. The largest absolute Gasteiger partial charge is 0.371 e. The molecule has 3 heteroatoms. The molecule has 1 atom stereocenters. The molecule has 0 amide bonds. The first kappa shape index (κ1) is 11.6. The lowest BCUT2D eigenvalue weighted by atomic mass is 10.0. The van der Waals surface area contributed by atoms with E-state index in [4.69, 9.17) is 0 Å². The number of hydrogen-bond donors (Lipinski definition) is 0. The van der Waals surface area contributed by atoms with E-state index >= 15 is 0 Å². The summed E-state index contributed by atoms with van der Waals surface area (Å²) in [5.41, 5.74) is 1.21. The van der Waals surface area contributed by atoms with Gasteiger partial charge >= 0.3 is 0 Å². The van der Waals surface area contributed by atoms with E-state index in [1.54, 1.807) is 0 Å². The summed E-state index contributed by atoms with van der Waals surface area (Å²) in [6.45, 7) is 3.82. The third kappa shape index (κ3) is 2.46. The maximum atomic E-state index is 11.6. The third-order valence-electron chi connectivity index (χ3n) is 3.17. The molecule has 1 aromatic carbocycles. The Morgan fingerprint density at radius 3 is 3.06 bits per heavy atom. The number of nitrogens with zero attached hydrogens (tertiary/aromatic N) is 1. The predicted octanol–water partition coefficient (Wildman–Crippen LogP) is 3.25. The number of Topliss-reactive ketones (excluding diaryl/α,β-unsaturated/α-hetero) is 1. The second kappa shape index (κ2) is 5.00. The second-order valence-corrected chi connectivity index (χ2v) is 5.15. The summed E-state index contributed by atoms with van der Waals surface area (Å²) >= 11 is 3.47. The lowest BCUT2D eigenvalue weighted by Crippen LogP contribution is -2.22. The smallest absolute Gasteiger partial charge is 0.137 e. The maximum Gasteiger partial charge on any atom is 0.137 e. The molecule has 86 valence electrons. The fourth-order valence-corrected chi connectivity index (χ4v) is 2.61. The molecule has 1 aliphatic rings. The van der Waals surface area contributed by atoms with Gasteiger partial charge in [-0.15, -0.1) is 0 Å². The molecule has 2 rings (SSSR count). The number of anilines is 1. The van der Waals surface area contributed by atoms with Gasteiger partial charge < -0.3 is 4.90 Å². The molecule has 0 bridgehead atoms. The first-order valence-electron chi connectivity index (χ1n) is 5.74. The predicted molar refractivity (Wildman–Crippen MR) is 69.8 cm³/mol. The summed E-state index contributed by atoms with van der Waals surface area (Å²) < 4.78 is 1.09. The number of carbonyl (C=O) groups excluding carboxylic acids is 1. The highest BCUT2D eigenvalue weighted by Crippen LogP contribution is 2.26. The molecule has 2 nitrogen and oxygen atoms in total. The molecule has 0 saturated carbocycles. The van der Waals surface area contributed by atoms with Crippen LogP contribution in [0.1, 0.15) is 19.8 Å². The van der Waals surface area contributed by atoms with Crippen LogP contribution in [0.5, 0.6) is 0 Å². The van der Waals surface area contributed by atoms with E-state index in [2.05, 4.69) is 33.0 Å². The lowest BCUT2D eigenvalue weighted by Gasteiger charge is -2.18. The molecular weight excluding hydrogens is 266 g/mol. The number of hydrogen-bond acceptors (Lipinski definition) is 2. The van der Waals surface area contributed by atoms with Crippen molar-refractivity contribution in [3.8, 4) is 0 Å². The Morgan fingerprint density at radius 1 is 1.56 bits per heavy atom. The number of halogens is 1. The van der Waals surface area contributed by atoms with E-state index in [0.717, 1.165) is 24.0 Å². The zero-order chi connectivity index (χ0) is 11.5. The van der Waals surface area contributed by atoms with Gasteiger partial charge in [0.25, 0.3) is 0 Å². The minimum Gasteiger partial charge on any atom is -0.371 e. The monoisotopic (exact) mass is 281 g/mol. The summed E-state index contributed by atoms with van der Waals surface area (Å²) in [6, 6.07) is 8.27. The number of rotatable bonds is 3. The van der Waals surface area contributed by atoms with Crippen LogP contribution in [0, 0.1) is 5.92 Å². The third-order valence-corrected chi connectivity index (χ3v) is 3.66. The molecular formula is C13H16BrNO. The molecule has 0 aromatic heterocycles. The molecule has 1 aromatic rings. The summed E-state index contributed by atoms with van der Waals surface area (Å²) in [5.74, 6) is 0.640. The molecule has 1 unspecified atom stereocenters. The second-order valence-electron chi connectivity index (χ2n) is 4.23. The topological polar surface area (TPSA) is 20.3 Å². The molecule has 0 N–H and O–H groups in total. The Balaban J connectivity index is 2.06. The van der Waals surface area contributed by atoms with Crippen LogP contribution in [0.3, 0.4) is 0 Å². The van der Waals surface area contributed by atoms with E-state index in [1.165, 1.54) is 5.69 Å². The van der Waals surface area contributed by atoms with E-state index in [1.807, 2.05) is 19.1 Å². The van der Waals surface area contributed by atoms with Crippen LogP contribution >= 0.6 is 15.9 Å². The fourth-order valence-electron chi connectivity index (χ4n) is 2.22. The standard InChI is InChI=1S/C13H16BrNO/c1-2-13(16)10-6-7-15(9-10)12-5-3-4-11(14)8-12/h3-5,8,10H,2,6-7,9H2,1H3. The summed E-state index contributed by atoms with van der Waals surface area (Å²) in [4.78, 5) is 13.9. The molecule has 0 aliphatic carbocycles. The Morgan fingerprint density at radius 2 is 2.38 bits per heavy atom. The van der Waals surface area contributed by atoms with Crippen molar-refractivity contribution in [2.75, 3.05) is 18.0 Å². The zero-order valence-corrected chi connectivity index (χ0v) is 11.0.